The van der Waals surface area contributed by atoms with Crippen LogP contribution in [-0.4, -0.2) is 47.7 Å². The molecule has 4 nitrogen and oxygen atoms in total. The fraction of sp³-hybridized carbons (Fsp3) is 1.00. The second kappa shape index (κ2) is 8.03. The van der Waals surface area contributed by atoms with Crippen LogP contribution >= 0.6 is 0 Å². The van der Waals surface area contributed by atoms with Crippen molar-refractivity contribution in [2.45, 2.75) is 59.0 Å². The number of likely N-dealkylation sites (N-methyl/N-ethyl adjacent to an activating group) is 2. The van der Waals surface area contributed by atoms with E-state index in [0.717, 1.165) is 12.8 Å². The molecule has 2 unspecified atom stereocenters. The second-order valence-electron chi connectivity index (χ2n) is 5.59. The topological polar surface area (TPSA) is 55.7 Å². The van der Waals surface area contributed by atoms with Gasteiger partial charge in [0.2, 0.25) is 0 Å². The maximum atomic E-state index is 10.1. The number of hydrogen-bond donors (Lipinski definition) is 3. The summed E-state index contributed by atoms with van der Waals surface area (Å²) in [5.41, 5.74) is 0. The second-order valence-corrected chi connectivity index (χ2v) is 5.59. The van der Waals surface area contributed by atoms with Crippen molar-refractivity contribution in [2.24, 2.45) is 11.8 Å². The summed E-state index contributed by atoms with van der Waals surface area (Å²) in [5.74, 6) is 0.862. The summed E-state index contributed by atoms with van der Waals surface area (Å²) in [6.07, 6.45) is 0.626. The molecular formula is C13H30N2O2. The van der Waals surface area contributed by atoms with Crippen molar-refractivity contribution in [3.63, 3.8) is 0 Å². The van der Waals surface area contributed by atoms with Crippen LogP contribution < -0.4 is 5.32 Å². The van der Waals surface area contributed by atoms with Gasteiger partial charge in [-0.1, -0.05) is 27.7 Å². The average molecular weight is 246 g/mol. The van der Waals surface area contributed by atoms with E-state index in [4.69, 9.17) is 0 Å². The van der Waals surface area contributed by atoms with E-state index < -0.39 is 12.5 Å². The maximum absolute atomic E-state index is 10.1. The molecule has 0 radical (unpaired) electrons. The molecule has 3 N–H and O–H groups in total. The first-order chi connectivity index (χ1) is 7.81. The van der Waals surface area contributed by atoms with Crippen molar-refractivity contribution in [1.82, 2.24) is 10.2 Å². The van der Waals surface area contributed by atoms with Crippen LogP contribution in [0.25, 0.3) is 0 Å². The van der Waals surface area contributed by atoms with Gasteiger partial charge in [0, 0.05) is 0 Å². The summed E-state index contributed by atoms with van der Waals surface area (Å²) < 4.78 is 0. The molecule has 0 aromatic rings. The van der Waals surface area contributed by atoms with Gasteiger partial charge in [-0.2, -0.15) is 0 Å². The fourth-order valence-corrected chi connectivity index (χ4v) is 2.11. The van der Waals surface area contributed by atoms with Gasteiger partial charge in [0.1, 0.15) is 12.5 Å². The van der Waals surface area contributed by atoms with Gasteiger partial charge in [0.15, 0.2) is 0 Å². The highest BCUT2D eigenvalue weighted by Crippen LogP contribution is 2.17. The highest BCUT2D eigenvalue weighted by atomic mass is 16.3. The molecule has 0 aliphatic rings. The molecule has 0 saturated heterocycles. The maximum Gasteiger partial charge on any atom is 0.120 e. The first-order valence-electron chi connectivity index (χ1n) is 6.56. The van der Waals surface area contributed by atoms with Gasteiger partial charge in [-0.15, -0.1) is 0 Å². The Balaban J connectivity index is 4.44. The zero-order valence-electron chi connectivity index (χ0n) is 12.1. The summed E-state index contributed by atoms with van der Waals surface area (Å²) in [4.78, 5) is 1.87. The van der Waals surface area contributed by atoms with Gasteiger partial charge in [-0.05, 0) is 38.8 Å². The summed E-state index contributed by atoms with van der Waals surface area (Å²) in [7, 11) is 3.60. The quantitative estimate of drug-likeness (QED) is 0.564. The van der Waals surface area contributed by atoms with E-state index in [9.17, 15) is 10.2 Å². The number of hydrogen-bond acceptors (Lipinski definition) is 4. The van der Waals surface area contributed by atoms with Gasteiger partial charge >= 0.3 is 0 Å². The van der Waals surface area contributed by atoms with Crippen LogP contribution in [0.15, 0.2) is 0 Å². The van der Waals surface area contributed by atoms with Crippen LogP contribution in [0.2, 0.25) is 0 Å². The third-order valence-corrected chi connectivity index (χ3v) is 3.24. The van der Waals surface area contributed by atoms with Crippen molar-refractivity contribution >= 4 is 0 Å². The van der Waals surface area contributed by atoms with Crippen LogP contribution in [0.4, 0.5) is 0 Å². The minimum absolute atomic E-state index is 0.0813. The Kier molecular flexibility index (Phi) is 7.96. The molecule has 0 aliphatic heterocycles. The minimum atomic E-state index is -0.617. The molecule has 0 bridgehead atoms. The molecule has 0 aliphatic carbocycles. The molecule has 3 atom stereocenters. The van der Waals surface area contributed by atoms with E-state index in [1.54, 1.807) is 7.05 Å². The number of aliphatic hydroxyl groups excluding tert-OH is 2. The molecule has 0 saturated carbocycles. The van der Waals surface area contributed by atoms with E-state index in [1.807, 2.05) is 11.9 Å². The lowest BCUT2D eigenvalue weighted by molar-refractivity contribution is -0.0727. The van der Waals surface area contributed by atoms with Gasteiger partial charge < -0.3 is 10.2 Å². The van der Waals surface area contributed by atoms with Crippen molar-refractivity contribution in [3.8, 4) is 0 Å². The molecule has 0 aromatic heterocycles. The summed E-state index contributed by atoms with van der Waals surface area (Å²) in [5, 5.41) is 22.9. The van der Waals surface area contributed by atoms with Crippen molar-refractivity contribution < 1.29 is 10.2 Å². The largest absolute Gasteiger partial charge is 0.378 e. The predicted molar refractivity (Wildman–Crippen MR) is 71.5 cm³/mol. The van der Waals surface area contributed by atoms with E-state index in [0.29, 0.717) is 5.92 Å². The number of nitrogens with zero attached hydrogens (tertiary/aromatic N) is 1. The SMILES string of the molecule is CNC(O)[C@H](C(C)C)N(C)C(O)CCC(C)C. The minimum Gasteiger partial charge on any atom is -0.378 e. The Hall–Kier alpha value is -0.160. The standard InChI is InChI=1S/C13H30N2O2/c1-9(2)7-8-11(16)15(6)12(10(3)4)13(17)14-5/h9-14,16-17H,7-8H2,1-6H3/t11?,12-,13?/m0/s1. The highest BCUT2D eigenvalue weighted by Gasteiger charge is 2.29. The smallest absolute Gasteiger partial charge is 0.120 e. The number of rotatable bonds is 8. The van der Waals surface area contributed by atoms with Crippen LogP contribution in [0.3, 0.4) is 0 Å². The Morgan fingerprint density at radius 2 is 1.59 bits per heavy atom. The zero-order chi connectivity index (χ0) is 13.6. The lowest BCUT2D eigenvalue weighted by Crippen LogP contribution is -2.53. The molecule has 104 valence electrons. The fourth-order valence-electron chi connectivity index (χ4n) is 2.11. The molecule has 17 heavy (non-hydrogen) atoms. The van der Waals surface area contributed by atoms with Crippen molar-refractivity contribution in [2.75, 3.05) is 14.1 Å². The normalized spacial score (nSPS) is 17.8. The van der Waals surface area contributed by atoms with Crippen LogP contribution in [0.1, 0.15) is 40.5 Å². The Morgan fingerprint density at radius 1 is 1.06 bits per heavy atom. The van der Waals surface area contributed by atoms with E-state index in [2.05, 4.69) is 33.0 Å². The first kappa shape index (κ1) is 16.8. The molecule has 0 amide bonds. The van der Waals surface area contributed by atoms with Crippen molar-refractivity contribution in [3.05, 3.63) is 0 Å². The molecule has 4 heteroatoms. The van der Waals surface area contributed by atoms with E-state index in [1.165, 1.54) is 0 Å². The Labute approximate surface area is 106 Å². The summed E-state index contributed by atoms with van der Waals surface area (Å²) in [6.45, 7) is 8.40. The Morgan fingerprint density at radius 3 is 1.94 bits per heavy atom. The van der Waals surface area contributed by atoms with Crippen LogP contribution in [0, 0.1) is 11.8 Å². The summed E-state index contributed by atoms with van der Waals surface area (Å²) >= 11 is 0. The van der Waals surface area contributed by atoms with Gasteiger partial charge in [0.25, 0.3) is 0 Å². The summed E-state index contributed by atoms with van der Waals surface area (Å²) in [6, 6.07) is -0.0813. The molecule has 0 aromatic carbocycles. The molecule has 0 fully saturated rings. The Bertz CT molecular complexity index is 198. The zero-order valence-corrected chi connectivity index (χ0v) is 12.1. The lowest BCUT2D eigenvalue weighted by atomic mass is 9.99. The van der Waals surface area contributed by atoms with Gasteiger partial charge in [-0.3, -0.25) is 10.2 Å². The number of aliphatic hydroxyl groups is 2. The van der Waals surface area contributed by atoms with Gasteiger partial charge in [0.05, 0.1) is 6.04 Å². The van der Waals surface area contributed by atoms with E-state index >= 15 is 0 Å². The molecule has 0 heterocycles. The third kappa shape index (κ3) is 5.82. The van der Waals surface area contributed by atoms with Crippen LogP contribution in [-0.2, 0) is 0 Å². The van der Waals surface area contributed by atoms with E-state index in [-0.39, 0.29) is 12.0 Å². The van der Waals surface area contributed by atoms with Gasteiger partial charge in [-0.25, -0.2) is 0 Å². The first-order valence-corrected chi connectivity index (χ1v) is 6.56. The lowest BCUT2D eigenvalue weighted by Gasteiger charge is -2.37. The molecule has 0 rings (SSSR count). The van der Waals surface area contributed by atoms with Crippen LogP contribution in [0.5, 0.6) is 0 Å². The molecule has 0 spiro atoms. The third-order valence-electron chi connectivity index (χ3n) is 3.24. The monoisotopic (exact) mass is 246 g/mol. The highest BCUT2D eigenvalue weighted by molar-refractivity contribution is 4.79. The number of nitrogens with one attached hydrogen (secondary N) is 1. The van der Waals surface area contributed by atoms with Crippen molar-refractivity contribution in [1.29, 1.82) is 0 Å². The molecular weight excluding hydrogens is 216 g/mol. The predicted octanol–water partition coefficient (Wildman–Crippen LogP) is 1.24. The average Bonchev–Trinajstić information content (AvgIpc) is 2.24.